The van der Waals surface area contributed by atoms with E-state index in [0.717, 1.165) is 48.8 Å². The van der Waals surface area contributed by atoms with Gasteiger partial charge in [-0.05, 0) is 63.1 Å². The molecule has 0 atom stereocenters. The Labute approximate surface area is 313 Å². The summed E-state index contributed by atoms with van der Waals surface area (Å²) in [6, 6.07) is 58.2. The van der Waals surface area contributed by atoms with Gasteiger partial charge in [-0.2, -0.15) is 0 Å². The van der Waals surface area contributed by atoms with Crippen LogP contribution in [0.3, 0.4) is 0 Å². The number of hydrogen-bond acceptors (Lipinski definition) is 3. The largest absolute Gasteiger partial charge is 0.352 e. The van der Waals surface area contributed by atoms with E-state index in [-0.39, 0.29) is 18.0 Å². The second kappa shape index (κ2) is 17.1. The van der Waals surface area contributed by atoms with Crippen LogP contribution < -0.4 is 10.6 Å². The average molecular weight is 701 g/mol. The highest BCUT2D eigenvalue weighted by Crippen LogP contribution is 2.26. The number of carbonyl (C=O) groups is 1. The van der Waals surface area contributed by atoms with Gasteiger partial charge in [0.25, 0.3) is 0 Å². The minimum atomic E-state index is -0.130. The molecule has 6 aromatic carbocycles. The van der Waals surface area contributed by atoms with E-state index in [9.17, 15) is 4.79 Å². The number of nitrogens with zero attached hydrogens (tertiary/aromatic N) is 2. The van der Waals surface area contributed by atoms with Crippen LogP contribution in [0.4, 0.5) is 0 Å². The first kappa shape index (κ1) is 34.9. The molecule has 0 aromatic heterocycles. The highest BCUT2D eigenvalue weighted by atomic mass is 32.1. The summed E-state index contributed by atoms with van der Waals surface area (Å²) >= 11 is 5.79. The van der Waals surface area contributed by atoms with Crippen LogP contribution in [0.2, 0.25) is 0 Å². The summed E-state index contributed by atoms with van der Waals surface area (Å²) in [4.78, 5) is 17.2. The summed E-state index contributed by atoms with van der Waals surface area (Å²) in [6.07, 6.45) is 1.04. The molecule has 6 heteroatoms. The summed E-state index contributed by atoms with van der Waals surface area (Å²) in [5.41, 5.74) is 10.1. The van der Waals surface area contributed by atoms with E-state index in [0.29, 0.717) is 6.54 Å². The van der Waals surface area contributed by atoms with Gasteiger partial charge in [0.15, 0.2) is 5.11 Å². The van der Waals surface area contributed by atoms with Gasteiger partial charge in [-0.1, -0.05) is 170 Å². The Hall–Kier alpha value is -5.56. The third-order valence-corrected chi connectivity index (χ3v) is 10.2. The van der Waals surface area contributed by atoms with Crippen molar-refractivity contribution in [3.8, 4) is 0 Å². The molecular formula is C46H44N4OS. The Morgan fingerprint density at radius 1 is 0.500 bits per heavy atom. The molecule has 0 radical (unpaired) electrons. The monoisotopic (exact) mass is 700 g/mol. The van der Waals surface area contributed by atoms with Gasteiger partial charge in [0, 0.05) is 26.2 Å². The molecule has 52 heavy (non-hydrogen) atoms. The lowest BCUT2D eigenvalue weighted by atomic mass is 9.98. The van der Waals surface area contributed by atoms with E-state index >= 15 is 0 Å². The topological polar surface area (TPSA) is 47.6 Å². The Morgan fingerprint density at radius 2 is 0.865 bits per heavy atom. The van der Waals surface area contributed by atoms with Crippen molar-refractivity contribution in [2.75, 3.05) is 13.1 Å². The zero-order chi connectivity index (χ0) is 35.5. The lowest BCUT2D eigenvalue weighted by Gasteiger charge is -2.33. The van der Waals surface area contributed by atoms with Crippen LogP contribution >= 0.6 is 12.2 Å². The summed E-state index contributed by atoms with van der Waals surface area (Å²) in [5, 5.41) is 7.65. The third-order valence-electron chi connectivity index (χ3n) is 9.80. The van der Waals surface area contributed by atoms with Crippen LogP contribution in [0.25, 0.3) is 0 Å². The number of carbonyl (C=O) groups excluding carboxylic acids is 1. The van der Waals surface area contributed by atoms with Crippen molar-refractivity contribution in [1.82, 2.24) is 20.4 Å². The molecule has 260 valence electrons. The summed E-state index contributed by atoms with van der Waals surface area (Å²) in [7, 11) is 0. The van der Waals surface area contributed by atoms with Gasteiger partial charge >= 0.3 is 0 Å². The van der Waals surface area contributed by atoms with E-state index in [2.05, 4.69) is 142 Å². The predicted molar refractivity (Wildman–Crippen MR) is 214 cm³/mol. The van der Waals surface area contributed by atoms with Crippen LogP contribution in [-0.4, -0.2) is 33.9 Å². The van der Waals surface area contributed by atoms with Crippen molar-refractivity contribution in [2.45, 2.75) is 38.1 Å². The van der Waals surface area contributed by atoms with Crippen LogP contribution in [-0.2, 0) is 30.8 Å². The molecule has 2 heterocycles. The number of benzene rings is 6. The standard InChI is InChI=1S/C23H22N2O.C23H22N2S/c26-22(17-25-15-20-13-7-8-14-21(20)16-25)24-23(18-9-3-1-4-10-18)19-11-5-2-6-12-19;26-23(25-16-15-18-9-7-8-14-21(18)17-25)24-22(19-10-3-1-4-11-19)20-12-5-2-6-13-20/h1-14,23H,15-17H2,(H,24,26);1-14,22H,15-17H2,(H,24,26). The molecule has 0 unspecified atom stereocenters. The number of rotatable bonds is 8. The highest BCUT2D eigenvalue weighted by Gasteiger charge is 2.24. The quantitative estimate of drug-likeness (QED) is 0.156. The number of fused-ring (bicyclic) bond motifs is 2. The molecule has 0 fully saturated rings. The van der Waals surface area contributed by atoms with Crippen molar-refractivity contribution in [2.24, 2.45) is 0 Å². The Bertz CT molecular complexity index is 1950. The van der Waals surface area contributed by atoms with Crippen molar-refractivity contribution in [1.29, 1.82) is 0 Å². The van der Waals surface area contributed by atoms with Crippen molar-refractivity contribution < 1.29 is 4.79 Å². The van der Waals surface area contributed by atoms with Crippen molar-refractivity contribution in [3.05, 3.63) is 214 Å². The van der Waals surface area contributed by atoms with E-state index in [1.165, 1.54) is 33.4 Å². The number of hydrogen-bond donors (Lipinski definition) is 2. The molecule has 1 amide bonds. The van der Waals surface area contributed by atoms with Gasteiger partial charge in [-0.15, -0.1) is 0 Å². The minimum absolute atomic E-state index is 0.0514. The Balaban J connectivity index is 0.000000162. The maximum Gasteiger partial charge on any atom is 0.234 e. The van der Waals surface area contributed by atoms with E-state index in [1.54, 1.807) is 0 Å². The van der Waals surface area contributed by atoms with Crippen LogP contribution in [0.1, 0.15) is 56.6 Å². The molecule has 0 saturated carbocycles. The molecule has 5 nitrogen and oxygen atoms in total. The fourth-order valence-corrected chi connectivity index (χ4v) is 7.38. The second-order valence-corrected chi connectivity index (χ2v) is 13.8. The van der Waals surface area contributed by atoms with Crippen LogP contribution in [0.15, 0.2) is 170 Å². The zero-order valence-electron chi connectivity index (χ0n) is 29.3. The van der Waals surface area contributed by atoms with Crippen LogP contribution in [0.5, 0.6) is 0 Å². The molecule has 0 saturated heterocycles. The van der Waals surface area contributed by atoms with E-state index in [1.807, 2.05) is 48.5 Å². The maximum absolute atomic E-state index is 12.8. The average Bonchev–Trinajstić information content (AvgIpc) is 3.62. The molecule has 8 rings (SSSR count). The van der Waals surface area contributed by atoms with Gasteiger partial charge in [0.1, 0.15) is 0 Å². The fraction of sp³-hybridized carbons (Fsp3) is 0.174. The summed E-state index contributed by atoms with van der Waals surface area (Å²) in [6.45, 7) is 3.91. The van der Waals surface area contributed by atoms with Gasteiger partial charge in [-0.25, -0.2) is 0 Å². The maximum atomic E-state index is 12.8. The highest BCUT2D eigenvalue weighted by molar-refractivity contribution is 7.80. The van der Waals surface area contributed by atoms with Crippen LogP contribution in [0, 0.1) is 0 Å². The van der Waals surface area contributed by atoms with Crippen molar-refractivity contribution >= 4 is 23.2 Å². The summed E-state index contributed by atoms with van der Waals surface area (Å²) < 4.78 is 0. The first-order valence-electron chi connectivity index (χ1n) is 18.0. The lowest BCUT2D eigenvalue weighted by molar-refractivity contribution is -0.122. The third kappa shape index (κ3) is 8.83. The van der Waals surface area contributed by atoms with Gasteiger partial charge in [-0.3, -0.25) is 9.69 Å². The SMILES string of the molecule is O=C(CN1Cc2ccccc2C1)NC(c1ccccc1)c1ccccc1.S=C(NC(c1ccccc1)c1ccccc1)N1CCc2ccccc2C1. The molecule has 2 N–H and O–H groups in total. The smallest absolute Gasteiger partial charge is 0.234 e. The van der Waals surface area contributed by atoms with E-state index in [4.69, 9.17) is 12.2 Å². The van der Waals surface area contributed by atoms with Gasteiger partial charge in [0.05, 0.1) is 18.6 Å². The molecule has 0 bridgehead atoms. The molecular weight excluding hydrogens is 657 g/mol. The lowest BCUT2D eigenvalue weighted by Crippen LogP contribution is -2.44. The predicted octanol–water partition coefficient (Wildman–Crippen LogP) is 8.62. The van der Waals surface area contributed by atoms with Crippen molar-refractivity contribution in [3.63, 3.8) is 0 Å². The number of thiocarbonyl (C=S) groups is 1. The first-order valence-corrected chi connectivity index (χ1v) is 18.4. The summed E-state index contributed by atoms with van der Waals surface area (Å²) in [5.74, 6) is 0.0514. The first-order chi connectivity index (χ1) is 25.6. The number of nitrogens with one attached hydrogen (secondary N) is 2. The second-order valence-electron chi connectivity index (χ2n) is 13.4. The Morgan fingerprint density at radius 3 is 1.31 bits per heavy atom. The Kier molecular flexibility index (Phi) is 11.5. The fourth-order valence-electron chi connectivity index (χ4n) is 7.11. The normalized spacial score (nSPS) is 13.5. The number of amides is 1. The minimum Gasteiger partial charge on any atom is -0.352 e. The molecule has 0 aliphatic carbocycles. The van der Waals surface area contributed by atoms with E-state index < -0.39 is 0 Å². The molecule has 6 aromatic rings. The van der Waals surface area contributed by atoms with Gasteiger partial charge in [0.2, 0.25) is 5.91 Å². The molecule has 2 aliphatic heterocycles. The molecule has 0 spiro atoms. The molecule has 2 aliphatic rings. The zero-order valence-corrected chi connectivity index (χ0v) is 30.1. The van der Waals surface area contributed by atoms with Gasteiger partial charge < -0.3 is 15.5 Å².